The van der Waals surface area contributed by atoms with E-state index in [4.69, 9.17) is 17.3 Å². The number of benzene rings is 1. The first-order valence-electron chi connectivity index (χ1n) is 4.80. The number of nitrogens with two attached hydrogens (primary N) is 1. The third-order valence-electron chi connectivity index (χ3n) is 1.95. The van der Waals surface area contributed by atoms with Gasteiger partial charge in [-0.3, -0.25) is 0 Å². The second-order valence-corrected chi connectivity index (χ2v) is 6.21. The van der Waals surface area contributed by atoms with E-state index in [1.807, 2.05) is 25.1 Å². The lowest BCUT2D eigenvalue weighted by atomic mass is 10.3. The van der Waals surface area contributed by atoms with Gasteiger partial charge in [-0.15, -0.1) is 10.2 Å². The highest BCUT2D eigenvalue weighted by Gasteiger charge is 2.09. The van der Waals surface area contributed by atoms with Gasteiger partial charge in [0, 0.05) is 29.7 Å². The van der Waals surface area contributed by atoms with Gasteiger partial charge in [-0.1, -0.05) is 34.7 Å². The summed E-state index contributed by atoms with van der Waals surface area (Å²) in [5, 5.41) is 9.69. The van der Waals surface area contributed by atoms with Crippen LogP contribution in [0, 0.1) is 0 Å². The van der Waals surface area contributed by atoms with E-state index in [0.29, 0.717) is 10.7 Å². The predicted octanol–water partition coefficient (Wildman–Crippen LogP) is 2.99. The molecule has 2 N–H and O–H groups in total. The Morgan fingerprint density at radius 3 is 2.76 bits per heavy atom. The van der Waals surface area contributed by atoms with Gasteiger partial charge in [-0.25, -0.2) is 0 Å². The lowest BCUT2D eigenvalue weighted by Crippen LogP contribution is -2.07. The Morgan fingerprint density at radius 1 is 1.35 bits per heavy atom. The van der Waals surface area contributed by atoms with Crippen molar-refractivity contribution in [1.82, 2.24) is 10.2 Å². The molecule has 1 aromatic heterocycles. The number of nitrogen functional groups attached to an aromatic ring is 1. The molecule has 0 aliphatic rings. The zero-order chi connectivity index (χ0) is 12.4. The molecule has 90 valence electrons. The first-order valence-corrected chi connectivity index (χ1v) is 6.81. The average Bonchev–Trinajstić information content (AvgIpc) is 2.72. The van der Waals surface area contributed by atoms with Crippen LogP contribution in [-0.2, 0) is 0 Å². The third-order valence-corrected chi connectivity index (χ3v) is 4.40. The lowest BCUT2D eigenvalue weighted by Gasteiger charge is -2.04. The van der Waals surface area contributed by atoms with E-state index in [2.05, 4.69) is 10.2 Å². The molecule has 1 heterocycles. The van der Waals surface area contributed by atoms with E-state index in [-0.39, 0.29) is 0 Å². The molecule has 1 aromatic carbocycles. The molecule has 0 unspecified atom stereocenters. The van der Waals surface area contributed by atoms with Crippen molar-refractivity contribution >= 4 is 45.5 Å². The summed E-state index contributed by atoms with van der Waals surface area (Å²) in [5.74, 6) is 0. The lowest BCUT2D eigenvalue weighted by molar-refractivity contribution is 0.973. The molecule has 0 bridgehead atoms. The summed E-state index contributed by atoms with van der Waals surface area (Å²) in [4.78, 5) is 2.82. The molecular formula is C10H11ClN4S2. The SMILES string of the molecule is CN(C)c1nnc(Sc2cc(Cl)ccc2N)s1. The fourth-order valence-electron chi connectivity index (χ4n) is 1.12. The monoisotopic (exact) mass is 286 g/mol. The first kappa shape index (κ1) is 12.5. The van der Waals surface area contributed by atoms with Crippen molar-refractivity contribution in [3.8, 4) is 0 Å². The molecule has 2 rings (SSSR count). The van der Waals surface area contributed by atoms with Crippen molar-refractivity contribution in [2.45, 2.75) is 9.24 Å². The fourth-order valence-corrected chi connectivity index (χ4v) is 3.16. The van der Waals surface area contributed by atoms with Gasteiger partial charge in [-0.2, -0.15) is 0 Å². The maximum absolute atomic E-state index is 5.93. The minimum atomic E-state index is 0.666. The molecule has 0 radical (unpaired) electrons. The Kier molecular flexibility index (Phi) is 3.76. The van der Waals surface area contributed by atoms with E-state index < -0.39 is 0 Å². The average molecular weight is 287 g/mol. The Morgan fingerprint density at radius 2 is 2.12 bits per heavy atom. The number of halogens is 1. The largest absolute Gasteiger partial charge is 0.398 e. The smallest absolute Gasteiger partial charge is 0.208 e. The molecule has 0 atom stereocenters. The van der Waals surface area contributed by atoms with Crippen LogP contribution in [0.2, 0.25) is 5.02 Å². The number of nitrogens with zero attached hydrogens (tertiary/aromatic N) is 3. The topological polar surface area (TPSA) is 55.0 Å². The maximum atomic E-state index is 5.93. The Bertz CT molecular complexity index is 527. The van der Waals surface area contributed by atoms with E-state index in [0.717, 1.165) is 14.4 Å². The molecular weight excluding hydrogens is 276 g/mol. The summed E-state index contributed by atoms with van der Waals surface area (Å²) in [6, 6.07) is 5.39. The summed E-state index contributed by atoms with van der Waals surface area (Å²) < 4.78 is 0.850. The predicted molar refractivity (Wildman–Crippen MR) is 74.2 cm³/mol. The van der Waals surface area contributed by atoms with Crippen LogP contribution in [0.4, 0.5) is 10.8 Å². The fraction of sp³-hybridized carbons (Fsp3) is 0.200. The van der Waals surface area contributed by atoms with Crippen LogP contribution < -0.4 is 10.6 Å². The van der Waals surface area contributed by atoms with Crippen molar-refractivity contribution in [3.63, 3.8) is 0 Å². The minimum absolute atomic E-state index is 0.666. The molecule has 0 saturated carbocycles. The summed E-state index contributed by atoms with van der Waals surface area (Å²) in [6.07, 6.45) is 0. The van der Waals surface area contributed by atoms with Gasteiger partial charge in [0.2, 0.25) is 5.13 Å². The molecule has 0 spiro atoms. The van der Waals surface area contributed by atoms with Crippen molar-refractivity contribution in [3.05, 3.63) is 23.2 Å². The van der Waals surface area contributed by atoms with Crippen LogP contribution in [0.15, 0.2) is 27.4 Å². The van der Waals surface area contributed by atoms with Gasteiger partial charge in [0.05, 0.1) is 0 Å². The van der Waals surface area contributed by atoms with Gasteiger partial charge >= 0.3 is 0 Å². The number of hydrogen-bond donors (Lipinski definition) is 1. The summed E-state index contributed by atoms with van der Waals surface area (Å²) >= 11 is 8.92. The highest BCUT2D eigenvalue weighted by molar-refractivity contribution is 8.01. The standard InChI is InChI=1S/C10H11ClN4S2/c1-15(2)9-13-14-10(17-9)16-8-5-6(11)3-4-7(8)12/h3-5H,12H2,1-2H3. The molecule has 4 nitrogen and oxygen atoms in total. The minimum Gasteiger partial charge on any atom is -0.398 e. The highest BCUT2D eigenvalue weighted by atomic mass is 35.5. The normalized spacial score (nSPS) is 10.5. The van der Waals surface area contributed by atoms with Gasteiger partial charge in [0.25, 0.3) is 0 Å². The van der Waals surface area contributed by atoms with Gasteiger partial charge < -0.3 is 10.6 Å². The van der Waals surface area contributed by atoms with Gasteiger partial charge in [0.1, 0.15) is 0 Å². The molecule has 7 heteroatoms. The molecule has 2 aromatic rings. The molecule has 0 fully saturated rings. The number of rotatable bonds is 3. The number of hydrogen-bond acceptors (Lipinski definition) is 6. The zero-order valence-electron chi connectivity index (χ0n) is 9.35. The third kappa shape index (κ3) is 3.02. The Hall–Kier alpha value is -0.980. The van der Waals surface area contributed by atoms with Crippen LogP contribution in [0.5, 0.6) is 0 Å². The molecule has 0 aliphatic heterocycles. The highest BCUT2D eigenvalue weighted by Crippen LogP contribution is 2.36. The maximum Gasteiger partial charge on any atom is 0.208 e. The summed E-state index contributed by atoms with van der Waals surface area (Å²) in [7, 11) is 3.87. The molecule has 17 heavy (non-hydrogen) atoms. The van der Waals surface area contributed by atoms with Crippen molar-refractivity contribution in [2.24, 2.45) is 0 Å². The van der Waals surface area contributed by atoms with Gasteiger partial charge in [0.15, 0.2) is 4.34 Å². The molecule has 0 saturated heterocycles. The molecule has 0 aliphatic carbocycles. The van der Waals surface area contributed by atoms with Crippen LogP contribution in [-0.4, -0.2) is 24.3 Å². The summed E-state index contributed by atoms with van der Waals surface area (Å²) in [6.45, 7) is 0. The van der Waals surface area contributed by atoms with Crippen LogP contribution in [0.3, 0.4) is 0 Å². The van der Waals surface area contributed by atoms with Crippen molar-refractivity contribution in [2.75, 3.05) is 24.7 Å². The van der Waals surface area contributed by atoms with E-state index >= 15 is 0 Å². The number of anilines is 2. The first-order chi connectivity index (χ1) is 8.06. The Balaban J connectivity index is 2.22. The van der Waals surface area contributed by atoms with E-state index in [9.17, 15) is 0 Å². The zero-order valence-corrected chi connectivity index (χ0v) is 11.7. The van der Waals surface area contributed by atoms with Crippen LogP contribution >= 0.6 is 34.7 Å². The Labute approximate surface area is 113 Å². The van der Waals surface area contributed by atoms with E-state index in [1.165, 1.54) is 23.1 Å². The van der Waals surface area contributed by atoms with Gasteiger partial charge in [-0.05, 0) is 18.2 Å². The second-order valence-electron chi connectivity index (χ2n) is 3.53. The second kappa shape index (κ2) is 5.12. The van der Waals surface area contributed by atoms with E-state index in [1.54, 1.807) is 12.1 Å². The quantitative estimate of drug-likeness (QED) is 0.879. The summed E-state index contributed by atoms with van der Waals surface area (Å²) in [5.41, 5.74) is 6.57. The molecule has 0 amide bonds. The van der Waals surface area contributed by atoms with Crippen molar-refractivity contribution < 1.29 is 0 Å². The number of aromatic nitrogens is 2. The van der Waals surface area contributed by atoms with Crippen LogP contribution in [0.25, 0.3) is 0 Å². The van der Waals surface area contributed by atoms with Crippen molar-refractivity contribution in [1.29, 1.82) is 0 Å². The van der Waals surface area contributed by atoms with Crippen LogP contribution in [0.1, 0.15) is 0 Å².